The standard InChI is InChI=1S/Mn.Ni.2H2O4S/c;;2*1-5(2,3)4/h;;2*(H2,1,2,3,4)/q2*+2;;/p-4. The van der Waals surface area contributed by atoms with Gasteiger partial charge >= 0.3 is 33.6 Å². The average molecular weight is 306 g/mol. The van der Waals surface area contributed by atoms with E-state index in [0.29, 0.717) is 0 Å². The Labute approximate surface area is 89.3 Å². The van der Waals surface area contributed by atoms with Crippen molar-refractivity contribution in [3.63, 3.8) is 0 Å². The average Bonchev–Trinajstić information content (AvgIpc) is 1.12. The largest absolute Gasteiger partial charge is 2.00 e. The van der Waals surface area contributed by atoms with Gasteiger partial charge in [-0.2, -0.15) is 0 Å². The van der Waals surface area contributed by atoms with Crippen molar-refractivity contribution in [2.75, 3.05) is 0 Å². The molecule has 0 aromatic heterocycles. The van der Waals surface area contributed by atoms with Crippen molar-refractivity contribution in [1.82, 2.24) is 0 Å². The first-order chi connectivity index (χ1) is 4.00. The minimum absolute atomic E-state index is 0. The number of hydrogen-bond donors (Lipinski definition) is 0. The van der Waals surface area contributed by atoms with E-state index in [2.05, 4.69) is 0 Å². The van der Waals surface area contributed by atoms with Gasteiger partial charge in [-0.1, -0.05) is 0 Å². The van der Waals surface area contributed by atoms with Gasteiger partial charge in [0.15, 0.2) is 0 Å². The zero-order valence-electron chi connectivity index (χ0n) is 4.78. The Hall–Kier alpha value is 0.753. The minimum atomic E-state index is -5.17. The van der Waals surface area contributed by atoms with Gasteiger partial charge in [0, 0.05) is 20.8 Å². The molecular formula is MnNiO8S2. The summed E-state index contributed by atoms with van der Waals surface area (Å²) in [5, 5.41) is 0. The van der Waals surface area contributed by atoms with E-state index in [9.17, 15) is 0 Å². The van der Waals surface area contributed by atoms with E-state index in [1.807, 2.05) is 0 Å². The predicted molar refractivity (Wildman–Crippen MR) is 20.9 cm³/mol. The molecule has 0 heterocycles. The fourth-order valence-electron chi connectivity index (χ4n) is 0. The Bertz CT molecular complexity index is 213. The molecule has 0 spiro atoms. The zero-order chi connectivity index (χ0) is 9.00. The summed E-state index contributed by atoms with van der Waals surface area (Å²) in [6, 6.07) is 0. The third-order valence-corrected chi connectivity index (χ3v) is 0. The molecule has 12 heteroatoms. The smallest absolute Gasteiger partial charge is 0.759 e. The van der Waals surface area contributed by atoms with Crippen LogP contribution in [0.15, 0.2) is 0 Å². The molecule has 0 unspecified atom stereocenters. The van der Waals surface area contributed by atoms with Crippen molar-refractivity contribution in [3.8, 4) is 0 Å². The van der Waals surface area contributed by atoms with Crippen molar-refractivity contribution in [2.45, 2.75) is 0 Å². The van der Waals surface area contributed by atoms with Crippen LogP contribution in [0.2, 0.25) is 0 Å². The number of rotatable bonds is 0. The zero-order valence-corrected chi connectivity index (χ0v) is 8.58. The van der Waals surface area contributed by atoms with Crippen LogP contribution >= 0.6 is 0 Å². The molecule has 0 aliphatic rings. The molecule has 0 amide bonds. The molecule has 12 heavy (non-hydrogen) atoms. The van der Waals surface area contributed by atoms with Gasteiger partial charge in [0.2, 0.25) is 0 Å². The summed E-state index contributed by atoms with van der Waals surface area (Å²) in [5.74, 6) is 0. The third kappa shape index (κ3) is 1800. The summed E-state index contributed by atoms with van der Waals surface area (Å²) in [6.07, 6.45) is 0. The SMILES string of the molecule is O=S(=O)([O-])[O-].O=S(=O)([O-])[O-].[Mn+2].[Ni+2]. The van der Waals surface area contributed by atoms with Gasteiger partial charge in [-0.3, -0.25) is 16.8 Å². The summed E-state index contributed by atoms with van der Waals surface area (Å²) < 4.78 is 68.2. The van der Waals surface area contributed by atoms with Crippen molar-refractivity contribution < 1.29 is 68.6 Å². The molecule has 0 aromatic carbocycles. The molecule has 0 bridgehead atoms. The Morgan fingerprint density at radius 2 is 0.667 bits per heavy atom. The van der Waals surface area contributed by atoms with Crippen LogP contribution in [0.1, 0.15) is 0 Å². The van der Waals surface area contributed by atoms with E-state index in [4.69, 9.17) is 35.0 Å². The van der Waals surface area contributed by atoms with Gasteiger partial charge < -0.3 is 18.2 Å². The molecule has 0 aromatic rings. The molecule has 0 aliphatic heterocycles. The molecule has 77 valence electrons. The summed E-state index contributed by atoms with van der Waals surface area (Å²) in [4.78, 5) is 0. The van der Waals surface area contributed by atoms with Crippen LogP contribution in [0.4, 0.5) is 0 Å². The second-order valence-corrected chi connectivity index (χ2v) is 2.45. The van der Waals surface area contributed by atoms with Crippen LogP contribution in [0.5, 0.6) is 0 Å². The van der Waals surface area contributed by atoms with E-state index in [0.717, 1.165) is 0 Å². The van der Waals surface area contributed by atoms with Crippen LogP contribution in [0.25, 0.3) is 0 Å². The van der Waals surface area contributed by atoms with E-state index in [1.54, 1.807) is 0 Å². The van der Waals surface area contributed by atoms with E-state index >= 15 is 0 Å². The van der Waals surface area contributed by atoms with Crippen LogP contribution in [0, 0.1) is 0 Å². The maximum Gasteiger partial charge on any atom is 2.00 e. The molecule has 0 aliphatic carbocycles. The second-order valence-electron chi connectivity index (χ2n) is 0.816. The normalized spacial score (nSPS) is 9.67. The Balaban J connectivity index is -0.0000000457. The van der Waals surface area contributed by atoms with Gasteiger partial charge in [0.05, 0.1) is 0 Å². The summed E-state index contributed by atoms with van der Waals surface area (Å²) >= 11 is 0. The van der Waals surface area contributed by atoms with Gasteiger partial charge in [0.1, 0.15) is 0 Å². The third-order valence-electron chi connectivity index (χ3n) is 0. The van der Waals surface area contributed by atoms with Crippen LogP contribution in [0.3, 0.4) is 0 Å². The Kier molecular flexibility index (Phi) is 16.0. The van der Waals surface area contributed by atoms with Crippen molar-refractivity contribution >= 4 is 20.8 Å². The van der Waals surface area contributed by atoms with E-state index in [1.165, 1.54) is 0 Å². The fourth-order valence-corrected chi connectivity index (χ4v) is 0. The molecule has 0 fully saturated rings. The molecule has 0 N–H and O–H groups in total. The maximum absolute atomic E-state index is 8.52. The number of hydrogen-bond acceptors (Lipinski definition) is 8. The van der Waals surface area contributed by atoms with Gasteiger partial charge in [-0.15, -0.1) is 0 Å². The van der Waals surface area contributed by atoms with Crippen molar-refractivity contribution in [2.24, 2.45) is 0 Å². The molecule has 0 rings (SSSR count). The van der Waals surface area contributed by atoms with Gasteiger partial charge in [-0.25, -0.2) is 0 Å². The molecule has 1 radical (unpaired) electrons. The minimum Gasteiger partial charge on any atom is -0.759 e. The molecule has 8 nitrogen and oxygen atoms in total. The Morgan fingerprint density at radius 1 is 0.667 bits per heavy atom. The monoisotopic (exact) mass is 305 g/mol. The van der Waals surface area contributed by atoms with Crippen LogP contribution < -0.4 is 0 Å². The predicted octanol–water partition coefficient (Wildman–Crippen LogP) is -2.68. The van der Waals surface area contributed by atoms with Crippen LogP contribution in [-0.2, 0) is 54.4 Å². The first-order valence-corrected chi connectivity index (χ1v) is 4.00. The Morgan fingerprint density at radius 3 is 0.667 bits per heavy atom. The van der Waals surface area contributed by atoms with E-state index < -0.39 is 20.8 Å². The van der Waals surface area contributed by atoms with Gasteiger partial charge in [-0.05, 0) is 0 Å². The van der Waals surface area contributed by atoms with E-state index in [-0.39, 0.29) is 33.6 Å². The first-order valence-electron chi connectivity index (χ1n) is 1.33. The van der Waals surface area contributed by atoms with Crippen LogP contribution in [-0.4, -0.2) is 35.0 Å². The van der Waals surface area contributed by atoms with Crippen molar-refractivity contribution in [3.05, 3.63) is 0 Å². The topological polar surface area (TPSA) is 161 Å². The molecule has 0 saturated heterocycles. The fraction of sp³-hybridized carbons (Fsp3) is 0. The summed E-state index contributed by atoms with van der Waals surface area (Å²) in [6.45, 7) is 0. The van der Waals surface area contributed by atoms with Crippen molar-refractivity contribution in [1.29, 1.82) is 0 Å². The second kappa shape index (κ2) is 8.36. The quantitative estimate of drug-likeness (QED) is 0.265. The first kappa shape index (κ1) is 23.0. The summed E-state index contributed by atoms with van der Waals surface area (Å²) in [5.41, 5.74) is 0. The summed E-state index contributed by atoms with van der Waals surface area (Å²) in [7, 11) is -10.3. The molecule has 0 saturated carbocycles. The molecular weight excluding hydrogens is 306 g/mol. The maximum atomic E-state index is 8.52. The molecule has 0 atom stereocenters. The van der Waals surface area contributed by atoms with Gasteiger partial charge in [0.25, 0.3) is 0 Å².